The highest BCUT2D eigenvalue weighted by Gasteiger charge is 2.06. The maximum atomic E-state index is 13.0. The lowest BCUT2D eigenvalue weighted by Crippen LogP contribution is -2.05. The number of aromatic nitrogens is 2. The molecule has 2 rings (SSSR count). The van der Waals surface area contributed by atoms with Crippen LogP contribution < -0.4 is 5.73 Å². The number of rotatable bonds is 2. The van der Waals surface area contributed by atoms with Crippen molar-refractivity contribution in [2.24, 2.45) is 5.73 Å². The second kappa shape index (κ2) is 3.82. The average molecular weight is 205 g/mol. The zero-order valence-electron chi connectivity index (χ0n) is 8.44. The first kappa shape index (κ1) is 9.86. The maximum Gasteiger partial charge on any atom is 0.123 e. The fraction of sp³-hybridized carbons (Fsp3) is 0.182. The van der Waals surface area contributed by atoms with Crippen molar-refractivity contribution >= 4 is 0 Å². The van der Waals surface area contributed by atoms with Gasteiger partial charge in [0.05, 0.1) is 5.69 Å². The summed E-state index contributed by atoms with van der Waals surface area (Å²) >= 11 is 0. The van der Waals surface area contributed by atoms with Crippen molar-refractivity contribution in [2.75, 3.05) is 0 Å². The molecule has 0 amide bonds. The van der Waals surface area contributed by atoms with Gasteiger partial charge in [0, 0.05) is 18.9 Å². The van der Waals surface area contributed by atoms with Crippen molar-refractivity contribution in [3.05, 3.63) is 47.8 Å². The second-order valence-electron chi connectivity index (χ2n) is 3.32. The Morgan fingerprint density at radius 3 is 2.87 bits per heavy atom. The zero-order valence-corrected chi connectivity index (χ0v) is 8.44. The Kier molecular flexibility index (Phi) is 2.51. The number of hydrogen-bond acceptors (Lipinski definition) is 2. The van der Waals surface area contributed by atoms with Gasteiger partial charge in [-0.15, -0.1) is 0 Å². The van der Waals surface area contributed by atoms with Crippen LogP contribution in [0.1, 0.15) is 11.4 Å². The molecule has 0 aliphatic rings. The molecule has 0 spiro atoms. The lowest BCUT2D eigenvalue weighted by Gasteiger charge is -2.10. The molecule has 0 fully saturated rings. The van der Waals surface area contributed by atoms with Crippen LogP contribution in [0.4, 0.5) is 4.39 Å². The van der Waals surface area contributed by atoms with E-state index in [1.165, 1.54) is 12.1 Å². The predicted molar refractivity (Wildman–Crippen MR) is 56.2 cm³/mol. The number of nitrogens with zero attached hydrogens (tertiary/aromatic N) is 2. The highest BCUT2D eigenvalue weighted by atomic mass is 19.1. The van der Waals surface area contributed by atoms with Gasteiger partial charge in [-0.05, 0) is 30.7 Å². The molecule has 15 heavy (non-hydrogen) atoms. The first-order chi connectivity index (χ1) is 7.22. The third kappa shape index (κ3) is 1.76. The summed E-state index contributed by atoms with van der Waals surface area (Å²) in [6.45, 7) is 2.20. The van der Waals surface area contributed by atoms with E-state index in [2.05, 4.69) is 4.98 Å². The van der Waals surface area contributed by atoms with E-state index in [1.54, 1.807) is 12.3 Å². The van der Waals surface area contributed by atoms with Crippen LogP contribution in [0.3, 0.4) is 0 Å². The lowest BCUT2D eigenvalue weighted by molar-refractivity contribution is 0.624. The molecule has 1 aromatic heterocycles. The fourth-order valence-corrected chi connectivity index (χ4v) is 1.59. The molecular weight excluding hydrogens is 193 g/mol. The van der Waals surface area contributed by atoms with E-state index in [0.29, 0.717) is 6.54 Å². The molecule has 0 atom stereocenters. The molecule has 3 nitrogen and oxygen atoms in total. The predicted octanol–water partition coefficient (Wildman–Crippen LogP) is 1.78. The normalized spacial score (nSPS) is 10.6. The smallest absolute Gasteiger partial charge is 0.123 e. The molecule has 2 N–H and O–H groups in total. The van der Waals surface area contributed by atoms with Gasteiger partial charge < -0.3 is 10.3 Å². The highest BCUT2D eigenvalue weighted by Crippen LogP contribution is 2.17. The Bertz CT molecular complexity index is 476. The van der Waals surface area contributed by atoms with Gasteiger partial charge in [-0.3, -0.25) is 0 Å². The van der Waals surface area contributed by atoms with Crippen LogP contribution in [-0.2, 0) is 6.54 Å². The standard InChI is InChI=1S/C11H12FN3/c1-8-14-4-5-15(8)11-3-2-10(12)6-9(11)7-13/h2-6H,7,13H2,1H3. The van der Waals surface area contributed by atoms with E-state index in [9.17, 15) is 4.39 Å². The van der Waals surface area contributed by atoms with Gasteiger partial charge in [-0.1, -0.05) is 0 Å². The number of halogens is 1. The number of benzene rings is 1. The van der Waals surface area contributed by atoms with Gasteiger partial charge in [0.15, 0.2) is 0 Å². The summed E-state index contributed by atoms with van der Waals surface area (Å²) in [7, 11) is 0. The molecule has 0 unspecified atom stereocenters. The van der Waals surface area contributed by atoms with Gasteiger partial charge >= 0.3 is 0 Å². The molecular formula is C11H12FN3. The maximum absolute atomic E-state index is 13.0. The van der Waals surface area contributed by atoms with Gasteiger partial charge in [0.1, 0.15) is 11.6 Å². The lowest BCUT2D eigenvalue weighted by atomic mass is 10.1. The third-order valence-electron chi connectivity index (χ3n) is 2.35. The van der Waals surface area contributed by atoms with E-state index in [-0.39, 0.29) is 5.82 Å². The van der Waals surface area contributed by atoms with E-state index in [0.717, 1.165) is 17.1 Å². The van der Waals surface area contributed by atoms with Gasteiger partial charge in [0.2, 0.25) is 0 Å². The van der Waals surface area contributed by atoms with Crippen molar-refractivity contribution in [3.8, 4) is 5.69 Å². The summed E-state index contributed by atoms with van der Waals surface area (Å²) in [5.74, 6) is 0.591. The molecule has 2 aromatic rings. The second-order valence-corrected chi connectivity index (χ2v) is 3.32. The first-order valence-electron chi connectivity index (χ1n) is 4.71. The van der Waals surface area contributed by atoms with Crippen molar-refractivity contribution in [3.63, 3.8) is 0 Å². The topological polar surface area (TPSA) is 43.8 Å². The Balaban J connectivity index is 2.58. The van der Waals surface area contributed by atoms with Crippen molar-refractivity contribution < 1.29 is 4.39 Å². The van der Waals surface area contributed by atoms with Crippen LogP contribution in [0.15, 0.2) is 30.6 Å². The van der Waals surface area contributed by atoms with Crippen molar-refractivity contribution in [2.45, 2.75) is 13.5 Å². The summed E-state index contributed by atoms with van der Waals surface area (Å²) in [5, 5.41) is 0. The van der Waals surface area contributed by atoms with Crippen LogP contribution in [0.5, 0.6) is 0 Å². The van der Waals surface area contributed by atoms with Crippen molar-refractivity contribution in [1.29, 1.82) is 0 Å². The summed E-state index contributed by atoms with van der Waals surface area (Å²) in [6.07, 6.45) is 3.54. The number of aryl methyl sites for hydroxylation is 1. The molecule has 0 aliphatic carbocycles. The average Bonchev–Trinajstić information content (AvgIpc) is 2.64. The minimum absolute atomic E-state index is 0.267. The molecule has 0 aliphatic heterocycles. The molecule has 1 heterocycles. The quantitative estimate of drug-likeness (QED) is 0.812. The van der Waals surface area contributed by atoms with E-state index in [4.69, 9.17) is 5.73 Å². The number of imidazole rings is 1. The Morgan fingerprint density at radius 2 is 2.27 bits per heavy atom. The largest absolute Gasteiger partial charge is 0.326 e. The molecule has 0 bridgehead atoms. The SMILES string of the molecule is Cc1nccn1-c1ccc(F)cc1CN. The van der Waals surface area contributed by atoms with E-state index in [1.807, 2.05) is 17.7 Å². The summed E-state index contributed by atoms with van der Waals surface area (Å²) in [4.78, 5) is 4.12. The molecule has 1 aromatic carbocycles. The first-order valence-corrected chi connectivity index (χ1v) is 4.71. The zero-order chi connectivity index (χ0) is 10.8. The minimum atomic E-state index is -0.267. The Morgan fingerprint density at radius 1 is 1.47 bits per heavy atom. The van der Waals surface area contributed by atoms with Crippen LogP contribution in [0, 0.1) is 12.7 Å². The van der Waals surface area contributed by atoms with E-state index < -0.39 is 0 Å². The Labute approximate surface area is 87.4 Å². The molecule has 4 heteroatoms. The monoisotopic (exact) mass is 205 g/mol. The minimum Gasteiger partial charge on any atom is -0.326 e. The van der Waals surface area contributed by atoms with Crippen LogP contribution >= 0.6 is 0 Å². The van der Waals surface area contributed by atoms with Crippen molar-refractivity contribution in [1.82, 2.24) is 9.55 Å². The van der Waals surface area contributed by atoms with Crippen LogP contribution in [0.2, 0.25) is 0 Å². The highest BCUT2D eigenvalue weighted by molar-refractivity contribution is 5.42. The van der Waals surface area contributed by atoms with Crippen LogP contribution in [0.25, 0.3) is 5.69 Å². The fourth-order valence-electron chi connectivity index (χ4n) is 1.59. The Hall–Kier alpha value is -1.68. The van der Waals surface area contributed by atoms with Crippen LogP contribution in [-0.4, -0.2) is 9.55 Å². The summed E-state index contributed by atoms with van der Waals surface area (Å²) in [5.41, 5.74) is 7.23. The number of nitrogens with two attached hydrogens (primary N) is 1. The molecule has 0 saturated carbocycles. The molecule has 0 radical (unpaired) electrons. The van der Waals surface area contributed by atoms with Gasteiger partial charge in [-0.25, -0.2) is 9.37 Å². The number of hydrogen-bond donors (Lipinski definition) is 1. The molecule has 78 valence electrons. The molecule has 0 saturated heterocycles. The van der Waals surface area contributed by atoms with E-state index >= 15 is 0 Å². The third-order valence-corrected chi connectivity index (χ3v) is 2.35. The summed E-state index contributed by atoms with van der Waals surface area (Å²) in [6, 6.07) is 4.59. The summed E-state index contributed by atoms with van der Waals surface area (Å²) < 4.78 is 14.9. The van der Waals surface area contributed by atoms with Gasteiger partial charge in [-0.2, -0.15) is 0 Å². The van der Waals surface area contributed by atoms with Gasteiger partial charge in [0.25, 0.3) is 0 Å².